The van der Waals surface area contributed by atoms with Crippen LogP contribution in [-0.2, 0) is 19.6 Å². The molecule has 0 unspecified atom stereocenters. The fourth-order valence-electron chi connectivity index (χ4n) is 3.29. The zero-order valence-corrected chi connectivity index (χ0v) is 18.8. The van der Waals surface area contributed by atoms with Gasteiger partial charge in [0.1, 0.15) is 0 Å². The third kappa shape index (κ3) is 6.11. The zero-order valence-electron chi connectivity index (χ0n) is 18.0. The number of primary amides is 1. The third-order valence-electron chi connectivity index (χ3n) is 4.90. The van der Waals surface area contributed by atoms with Gasteiger partial charge in [-0.1, -0.05) is 12.7 Å². The molecule has 1 aromatic rings. The Kier molecular flexibility index (Phi) is 8.44. The average molecular weight is 462 g/mol. The zero-order chi connectivity index (χ0) is 23.9. The largest absolute Gasteiger partial charge is 0.366 e. The molecule has 0 bridgehead atoms. The quantitative estimate of drug-likeness (QED) is 0.408. The van der Waals surface area contributed by atoms with E-state index >= 15 is 0 Å². The maximum atomic E-state index is 12.9. The number of piperidine rings is 1. The fourth-order valence-corrected chi connectivity index (χ4v) is 4.15. The summed E-state index contributed by atoms with van der Waals surface area (Å²) < 4.78 is 26.8. The molecule has 2 rings (SSSR count). The van der Waals surface area contributed by atoms with Crippen LogP contribution < -0.4 is 15.8 Å². The number of amides is 3. The van der Waals surface area contributed by atoms with Gasteiger partial charge in [0.25, 0.3) is 0 Å². The van der Waals surface area contributed by atoms with E-state index in [0.717, 1.165) is 6.42 Å². The summed E-state index contributed by atoms with van der Waals surface area (Å²) in [6.45, 7) is 5.97. The maximum Gasteiger partial charge on any atom is 0.313 e. The summed E-state index contributed by atoms with van der Waals surface area (Å²) in [5, 5.41) is 2.43. The molecular weight excluding hydrogens is 434 g/mol. The van der Waals surface area contributed by atoms with Crippen molar-refractivity contribution < 1.29 is 22.8 Å². The predicted molar refractivity (Wildman–Crippen MR) is 121 cm³/mol. The number of hydrogen-bond donors (Lipinski definition) is 3. The van der Waals surface area contributed by atoms with E-state index in [0.29, 0.717) is 25.0 Å². The molecule has 1 aliphatic heterocycles. The number of carbonyl (C=O) groups is 3. The van der Waals surface area contributed by atoms with Gasteiger partial charge in [-0.3, -0.25) is 19.4 Å². The number of hydrogen-bond acceptors (Lipinski definition) is 6. The van der Waals surface area contributed by atoms with Crippen LogP contribution >= 0.6 is 0 Å². The minimum Gasteiger partial charge on any atom is -0.366 e. The summed E-state index contributed by atoms with van der Waals surface area (Å²) in [6.07, 6.45) is 8.98. The Hall–Kier alpha value is -3.31. The smallest absolute Gasteiger partial charge is 0.313 e. The monoisotopic (exact) mass is 461 g/mol. The molecule has 11 heteroatoms. The molecule has 172 valence electrons. The van der Waals surface area contributed by atoms with Crippen LogP contribution in [0.3, 0.4) is 0 Å². The first kappa shape index (κ1) is 25.0. The summed E-state index contributed by atoms with van der Waals surface area (Å²) in [5.74, 6) is -2.42. The molecule has 1 saturated heterocycles. The van der Waals surface area contributed by atoms with Gasteiger partial charge in [0.15, 0.2) is 0 Å². The molecule has 4 N–H and O–H groups in total. The lowest BCUT2D eigenvalue weighted by molar-refractivity contribution is -0.145. The molecule has 1 fully saturated rings. The fraction of sp³-hybridized carbons (Fsp3) is 0.333. The van der Waals surface area contributed by atoms with E-state index in [2.05, 4.69) is 21.6 Å². The highest BCUT2D eigenvalue weighted by molar-refractivity contribution is 7.93. The van der Waals surface area contributed by atoms with Gasteiger partial charge in [0.2, 0.25) is 15.9 Å². The van der Waals surface area contributed by atoms with E-state index in [1.807, 2.05) is 0 Å². The van der Waals surface area contributed by atoms with E-state index in [9.17, 15) is 22.8 Å². The lowest BCUT2D eigenvalue weighted by Crippen LogP contribution is -2.49. The second-order valence-electron chi connectivity index (χ2n) is 7.12. The van der Waals surface area contributed by atoms with Crippen molar-refractivity contribution in [3.63, 3.8) is 0 Å². The van der Waals surface area contributed by atoms with Crippen molar-refractivity contribution in [3.05, 3.63) is 59.3 Å². The van der Waals surface area contributed by atoms with Crippen LogP contribution in [0.2, 0.25) is 0 Å². The summed E-state index contributed by atoms with van der Waals surface area (Å²) in [5.41, 5.74) is 5.85. The minimum absolute atomic E-state index is 0.00395. The standard InChI is InChI=1S/C21H27N5O5S/c1-4-7-17(32(30,31)23-3)10-14(2)18-8-5-6-9-26(18)21(29)20(28)25-16-11-15(19(22)27)12-24-13-16/h4,7,10-13,18,23H,2,5-6,8-9H2,1,3H3,(H2,22,27)(H,25,28)/b7-4-,17-10+/t18-/m0/s1. The number of nitrogens with two attached hydrogens (primary N) is 1. The number of aromatic nitrogens is 1. The third-order valence-corrected chi connectivity index (χ3v) is 6.32. The summed E-state index contributed by atoms with van der Waals surface area (Å²) >= 11 is 0. The van der Waals surface area contributed by atoms with Crippen molar-refractivity contribution in [1.82, 2.24) is 14.6 Å². The van der Waals surface area contributed by atoms with Crippen LogP contribution in [0.1, 0.15) is 36.5 Å². The molecule has 1 atom stereocenters. The molecule has 1 aromatic heterocycles. The van der Waals surface area contributed by atoms with Gasteiger partial charge < -0.3 is 16.0 Å². The number of nitrogens with one attached hydrogen (secondary N) is 2. The summed E-state index contributed by atoms with van der Waals surface area (Å²) in [7, 11) is -2.42. The number of rotatable bonds is 7. The van der Waals surface area contributed by atoms with E-state index in [-0.39, 0.29) is 16.2 Å². The molecule has 10 nitrogen and oxygen atoms in total. The summed E-state index contributed by atoms with van der Waals surface area (Å²) in [6, 6.07) is 0.784. The van der Waals surface area contributed by atoms with Gasteiger partial charge in [-0.2, -0.15) is 0 Å². The van der Waals surface area contributed by atoms with Gasteiger partial charge in [0.05, 0.1) is 28.4 Å². The number of pyridine rings is 1. The van der Waals surface area contributed by atoms with Crippen molar-refractivity contribution in [2.45, 2.75) is 32.2 Å². The first-order valence-corrected chi connectivity index (χ1v) is 11.4. The Morgan fingerprint density at radius 3 is 2.62 bits per heavy atom. The number of likely N-dealkylation sites (tertiary alicyclic amines) is 1. The topological polar surface area (TPSA) is 152 Å². The molecule has 32 heavy (non-hydrogen) atoms. The number of carbonyl (C=O) groups excluding carboxylic acids is 3. The summed E-state index contributed by atoms with van der Waals surface area (Å²) in [4.78, 5) is 42.0. The molecule has 2 heterocycles. The molecule has 3 amide bonds. The van der Waals surface area contributed by atoms with Gasteiger partial charge in [-0.15, -0.1) is 0 Å². The first-order valence-electron chi connectivity index (χ1n) is 9.94. The van der Waals surface area contributed by atoms with Gasteiger partial charge in [0, 0.05) is 12.7 Å². The van der Waals surface area contributed by atoms with Crippen molar-refractivity contribution in [2.24, 2.45) is 5.73 Å². The normalized spacial score (nSPS) is 17.2. The molecular formula is C21H27N5O5S. The van der Waals surface area contributed by atoms with Crippen LogP contribution in [0.25, 0.3) is 0 Å². The Bertz CT molecular complexity index is 1080. The number of sulfonamides is 1. The van der Waals surface area contributed by atoms with Crippen LogP contribution in [-0.4, -0.2) is 55.7 Å². The van der Waals surface area contributed by atoms with Crippen molar-refractivity contribution in [1.29, 1.82) is 0 Å². The second kappa shape index (κ2) is 10.8. The molecule has 0 saturated carbocycles. The Morgan fingerprint density at radius 2 is 2.00 bits per heavy atom. The van der Waals surface area contributed by atoms with Gasteiger partial charge >= 0.3 is 11.8 Å². The van der Waals surface area contributed by atoms with E-state index in [1.165, 1.54) is 42.6 Å². The Morgan fingerprint density at radius 1 is 1.28 bits per heavy atom. The number of nitrogens with zero attached hydrogens (tertiary/aromatic N) is 2. The lowest BCUT2D eigenvalue weighted by Gasteiger charge is -2.36. The van der Waals surface area contributed by atoms with E-state index < -0.39 is 33.8 Å². The van der Waals surface area contributed by atoms with Crippen LogP contribution in [0.5, 0.6) is 0 Å². The highest BCUT2D eigenvalue weighted by Gasteiger charge is 2.32. The molecule has 0 aromatic carbocycles. The van der Waals surface area contributed by atoms with Crippen LogP contribution in [0, 0.1) is 0 Å². The Labute approximate surface area is 187 Å². The number of allylic oxidation sites excluding steroid dienone is 2. The van der Waals surface area contributed by atoms with Crippen LogP contribution in [0.4, 0.5) is 5.69 Å². The van der Waals surface area contributed by atoms with Gasteiger partial charge in [-0.05, 0) is 57.0 Å². The van der Waals surface area contributed by atoms with Crippen LogP contribution in [0.15, 0.2) is 53.7 Å². The second-order valence-corrected chi connectivity index (χ2v) is 9.01. The Balaban J connectivity index is 2.25. The predicted octanol–water partition coefficient (Wildman–Crippen LogP) is 1.07. The maximum absolute atomic E-state index is 12.9. The van der Waals surface area contributed by atoms with Gasteiger partial charge in [-0.25, -0.2) is 13.1 Å². The molecule has 1 aliphatic rings. The van der Waals surface area contributed by atoms with Crippen molar-refractivity contribution >= 4 is 33.4 Å². The highest BCUT2D eigenvalue weighted by atomic mass is 32.2. The SMILES string of the molecule is C=C(/C=C(\C=C/C)S(=O)(=O)NC)[C@@H]1CCCCN1C(=O)C(=O)Nc1cncc(C(N)=O)c1. The lowest BCUT2D eigenvalue weighted by atomic mass is 9.95. The van der Waals surface area contributed by atoms with E-state index in [1.54, 1.807) is 13.0 Å². The van der Waals surface area contributed by atoms with E-state index in [4.69, 9.17) is 5.73 Å². The number of anilines is 1. The average Bonchev–Trinajstić information content (AvgIpc) is 2.78. The highest BCUT2D eigenvalue weighted by Crippen LogP contribution is 2.25. The molecule has 0 aliphatic carbocycles. The van der Waals surface area contributed by atoms with Crippen molar-refractivity contribution in [2.75, 3.05) is 18.9 Å². The van der Waals surface area contributed by atoms with Crippen molar-refractivity contribution in [3.8, 4) is 0 Å². The molecule has 0 spiro atoms. The minimum atomic E-state index is -3.73. The first-order chi connectivity index (χ1) is 15.1. The molecule has 0 radical (unpaired) electrons.